The highest BCUT2D eigenvalue weighted by atomic mass is 35.5. The van der Waals surface area contributed by atoms with Crippen molar-refractivity contribution < 1.29 is 4.79 Å². The monoisotopic (exact) mass is 338 g/mol. The molecule has 1 fully saturated rings. The molecule has 0 saturated heterocycles. The first-order valence-electron chi connectivity index (χ1n) is 7.69. The van der Waals surface area contributed by atoms with Crippen molar-refractivity contribution in [1.29, 1.82) is 0 Å². The molecule has 1 amide bonds. The molecular weight excluding hydrogens is 319 g/mol. The van der Waals surface area contributed by atoms with Gasteiger partial charge >= 0.3 is 0 Å². The van der Waals surface area contributed by atoms with Gasteiger partial charge in [-0.25, -0.2) is 0 Å². The van der Waals surface area contributed by atoms with Gasteiger partial charge in [0.05, 0.1) is 10.0 Å². The van der Waals surface area contributed by atoms with Crippen molar-refractivity contribution in [3.8, 4) is 0 Å². The van der Waals surface area contributed by atoms with Crippen LogP contribution in [0.5, 0.6) is 0 Å². The maximum absolute atomic E-state index is 12.7. The maximum atomic E-state index is 12.7. The van der Waals surface area contributed by atoms with Crippen LogP contribution in [0, 0.1) is 0 Å². The van der Waals surface area contributed by atoms with E-state index in [1.807, 2.05) is 11.9 Å². The topological polar surface area (TPSA) is 23.6 Å². The van der Waals surface area contributed by atoms with Crippen LogP contribution in [0.2, 0.25) is 10.0 Å². The number of hydrogen-bond donors (Lipinski definition) is 0. The molecule has 3 nitrogen and oxygen atoms in total. The lowest BCUT2D eigenvalue weighted by atomic mass is 10.1. The summed E-state index contributed by atoms with van der Waals surface area (Å²) in [5.41, 5.74) is 0.599. The average molecular weight is 339 g/mol. The standard InChI is InChI=1S/C17H20Cl2N2O/c1-20(17(22)12-7-8-13(18)14(19)11-12)15-5-4-6-16(15)21-9-2-3-10-21/h2-3,7-8,11,15-16H,4-6,9-10H2,1H3. The van der Waals surface area contributed by atoms with Gasteiger partial charge in [0, 0.05) is 37.8 Å². The number of hydrogen-bond acceptors (Lipinski definition) is 2. The summed E-state index contributed by atoms with van der Waals surface area (Å²) in [6.07, 6.45) is 7.80. The fourth-order valence-electron chi connectivity index (χ4n) is 3.55. The quantitative estimate of drug-likeness (QED) is 0.781. The van der Waals surface area contributed by atoms with Gasteiger partial charge in [-0.1, -0.05) is 35.4 Å². The summed E-state index contributed by atoms with van der Waals surface area (Å²) in [5, 5.41) is 0.899. The zero-order chi connectivity index (χ0) is 15.7. The van der Waals surface area contributed by atoms with Crippen LogP contribution in [0.4, 0.5) is 0 Å². The van der Waals surface area contributed by atoms with Crippen LogP contribution in [-0.2, 0) is 0 Å². The molecule has 1 heterocycles. The highest BCUT2D eigenvalue weighted by Gasteiger charge is 2.36. The molecule has 22 heavy (non-hydrogen) atoms. The van der Waals surface area contributed by atoms with Crippen molar-refractivity contribution in [2.75, 3.05) is 20.1 Å². The van der Waals surface area contributed by atoms with E-state index in [2.05, 4.69) is 17.1 Å². The number of rotatable bonds is 3. The molecule has 0 aromatic heterocycles. The van der Waals surface area contributed by atoms with Crippen molar-refractivity contribution in [3.63, 3.8) is 0 Å². The summed E-state index contributed by atoms with van der Waals surface area (Å²) in [6.45, 7) is 1.99. The second-order valence-corrected chi connectivity index (χ2v) is 6.85. The van der Waals surface area contributed by atoms with E-state index in [1.54, 1.807) is 18.2 Å². The number of carbonyl (C=O) groups is 1. The van der Waals surface area contributed by atoms with Gasteiger partial charge in [-0.05, 0) is 37.5 Å². The Hall–Kier alpha value is -1.03. The first-order chi connectivity index (χ1) is 10.6. The van der Waals surface area contributed by atoms with Crippen LogP contribution in [0.15, 0.2) is 30.4 Å². The van der Waals surface area contributed by atoms with Crippen LogP contribution in [0.3, 0.4) is 0 Å². The van der Waals surface area contributed by atoms with Crippen molar-refractivity contribution in [2.45, 2.75) is 31.3 Å². The molecule has 1 aliphatic heterocycles. The zero-order valence-electron chi connectivity index (χ0n) is 12.6. The highest BCUT2D eigenvalue weighted by molar-refractivity contribution is 6.42. The van der Waals surface area contributed by atoms with Crippen molar-refractivity contribution >= 4 is 29.1 Å². The van der Waals surface area contributed by atoms with E-state index in [9.17, 15) is 4.79 Å². The number of halogens is 2. The molecule has 1 aromatic rings. The third-order valence-electron chi connectivity index (χ3n) is 4.74. The normalized spacial score (nSPS) is 24.9. The van der Waals surface area contributed by atoms with Crippen LogP contribution < -0.4 is 0 Å². The maximum Gasteiger partial charge on any atom is 0.253 e. The smallest absolute Gasteiger partial charge is 0.253 e. The molecule has 3 rings (SSSR count). The fraction of sp³-hybridized carbons (Fsp3) is 0.471. The van der Waals surface area contributed by atoms with E-state index in [4.69, 9.17) is 23.2 Å². The molecule has 0 bridgehead atoms. The Balaban J connectivity index is 1.75. The highest BCUT2D eigenvalue weighted by Crippen LogP contribution is 2.30. The second kappa shape index (κ2) is 6.61. The minimum Gasteiger partial charge on any atom is -0.337 e. The predicted molar refractivity (Wildman–Crippen MR) is 90.7 cm³/mol. The number of nitrogens with zero attached hydrogens (tertiary/aromatic N) is 2. The molecule has 5 heteroatoms. The minimum atomic E-state index is 0.0163. The summed E-state index contributed by atoms with van der Waals surface area (Å²) < 4.78 is 0. The Morgan fingerprint density at radius 3 is 2.59 bits per heavy atom. The Bertz CT molecular complexity index is 594. The van der Waals surface area contributed by atoms with Gasteiger partial charge in [-0.3, -0.25) is 9.69 Å². The molecular formula is C17H20Cl2N2O. The number of amides is 1. The van der Waals surface area contributed by atoms with E-state index in [0.29, 0.717) is 21.7 Å². The van der Waals surface area contributed by atoms with Crippen LogP contribution in [0.25, 0.3) is 0 Å². The van der Waals surface area contributed by atoms with Crippen LogP contribution >= 0.6 is 23.2 Å². The van der Waals surface area contributed by atoms with E-state index in [1.165, 1.54) is 6.42 Å². The first-order valence-corrected chi connectivity index (χ1v) is 8.45. The number of benzene rings is 1. The lowest BCUT2D eigenvalue weighted by Gasteiger charge is -2.35. The molecule has 0 spiro atoms. The second-order valence-electron chi connectivity index (χ2n) is 6.04. The predicted octanol–water partition coefficient (Wildman–Crippen LogP) is 3.86. The SMILES string of the molecule is CN(C(=O)c1ccc(Cl)c(Cl)c1)C1CCCC1N1CC=CC1. The average Bonchev–Trinajstić information content (AvgIpc) is 3.18. The molecule has 1 aromatic carbocycles. The third-order valence-corrected chi connectivity index (χ3v) is 5.48. The molecule has 2 atom stereocenters. The van der Waals surface area contributed by atoms with Gasteiger partial charge in [-0.2, -0.15) is 0 Å². The molecule has 2 aliphatic rings. The van der Waals surface area contributed by atoms with Crippen LogP contribution in [-0.4, -0.2) is 47.9 Å². The van der Waals surface area contributed by atoms with E-state index in [-0.39, 0.29) is 11.9 Å². The van der Waals surface area contributed by atoms with Gasteiger partial charge in [0.15, 0.2) is 0 Å². The third kappa shape index (κ3) is 3.03. The van der Waals surface area contributed by atoms with Crippen molar-refractivity contribution in [2.24, 2.45) is 0 Å². The summed E-state index contributed by atoms with van der Waals surface area (Å²) in [7, 11) is 1.90. The Labute approximate surface area is 141 Å². The number of carbonyl (C=O) groups excluding carboxylic acids is 1. The molecule has 0 N–H and O–H groups in total. The Morgan fingerprint density at radius 1 is 1.18 bits per heavy atom. The fourth-order valence-corrected chi connectivity index (χ4v) is 3.85. The van der Waals surface area contributed by atoms with Gasteiger partial charge in [0.1, 0.15) is 0 Å². The lowest BCUT2D eigenvalue weighted by molar-refractivity contribution is 0.0650. The molecule has 118 valence electrons. The van der Waals surface area contributed by atoms with Gasteiger partial charge in [-0.15, -0.1) is 0 Å². The number of likely N-dealkylation sites (N-methyl/N-ethyl adjacent to an activating group) is 1. The zero-order valence-corrected chi connectivity index (χ0v) is 14.1. The molecule has 0 radical (unpaired) electrons. The van der Waals surface area contributed by atoms with E-state index >= 15 is 0 Å². The van der Waals surface area contributed by atoms with Crippen LogP contribution in [0.1, 0.15) is 29.6 Å². The van der Waals surface area contributed by atoms with Gasteiger partial charge in [0.2, 0.25) is 0 Å². The lowest BCUT2D eigenvalue weighted by Crippen LogP contribution is -2.48. The molecule has 1 aliphatic carbocycles. The summed E-state index contributed by atoms with van der Waals surface area (Å²) in [6, 6.07) is 5.80. The Morgan fingerprint density at radius 2 is 1.91 bits per heavy atom. The molecule has 1 saturated carbocycles. The van der Waals surface area contributed by atoms with E-state index in [0.717, 1.165) is 25.9 Å². The minimum absolute atomic E-state index is 0.0163. The van der Waals surface area contributed by atoms with Crippen molar-refractivity contribution in [1.82, 2.24) is 9.80 Å². The van der Waals surface area contributed by atoms with Gasteiger partial charge < -0.3 is 4.90 Å². The first kappa shape index (κ1) is 15.9. The van der Waals surface area contributed by atoms with Crippen molar-refractivity contribution in [3.05, 3.63) is 46.0 Å². The Kier molecular flexibility index (Phi) is 4.76. The largest absolute Gasteiger partial charge is 0.337 e. The summed E-state index contributed by atoms with van der Waals surface area (Å²) in [4.78, 5) is 17.1. The summed E-state index contributed by atoms with van der Waals surface area (Å²) in [5.74, 6) is 0.0163. The summed E-state index contributed by atoms with van der Waals surface area (Å²) >= 11 is 12.0. The van der Waals surface area contributed by atoms with E-state index < -0.39 is 0 Å². The molecule has 2 unspecified atom stereocenters. The van der Waals surface area contributed by atoms with Gasteiger partial charge in [0.25, 0.3) is 5.91 Å².